The van der Waals surface area contributed by atoms with Gasteiger partial charge in [0.25, 0.3) is 5.91 Å². The molecule has 4 rings (SSSR count). The second-order valence-corrected chi connectivity index (χ2v) is 8.28. The Morgan fingerprint density at radius 2 is 1.74 bits per heavy atom. The summed E-state index contributed by atoms with van der Waals surface area (Å²) in [6.45, 7) is 3.32. The van der Waals surface area contributed by atoms with E-state index in [0.717, 1.165) is 24.0 Å². The first-order valence-corrected chi connectivity index (χ1v) is 10.8. The van der Waals surface area contributed by atoms with Crippen LogP contribution < -0.4 is 5.32 Å². The fourth-order valence-electron chi connectivity index (χ4n) is 3.94. The van der Waals surface area contributed by atoms with Gasteiger partial charge in [0.1, 0.15) is 5.69 Å². The number of amides is 2. The zero-order valence-electron chi connectivity index (χ0n) is 17.4. The first kappa shape index (κ1) is 21.1. The molecule has 0 atom stereocenters. The summed E-state index contributed by atoms with van der Waals surface area (Å²) in [5.41, 5.74) is 3.20. The molecule has 2 aromatic carbocycles. The summed E-state index contributed by atoms with van der Waals surface area (Å²) in [5, 5.41) is 8.33. The van der Waals surface area contributed by atoms with Gasteiger partial charge < -0.3 is 10.2 Å². The van der Waals surface area contributed by atoms with E-state index < -0.39 is 0 Å². The van der Waals surface area contributed by atoms with Gasteiger partial charge in [0.2, 0.25) is 5.91 Å². The minimum absolute atomic E-state index is 0.0306. The number of nitrogens with zero attached hydrogens (tertiary/aromatic N) is 3. The lowest BCUT2D eigenvalue weighted by atomic mass is 10.0. The first-order chi connectivity index (χ1) is 15.0. The summed E-state index contributed by atoms with van der Waals surface area (Å²) in [7, 11) is 0. The lowest BCUT2D eigenvalue weighted by Crippen LogP contribution is -2.46. The summed E-state index contributed by atoms with van der Waals surface area (Å²) >= 11 is 6.05. The summed E-state index contributed by atoms with van der Waals surface area (Å²) in [6, 6.07) is 17.5. The number of nitrogens with one attached hydrogen (secondary N) is 1. The van der Waals surface area contributed by atoms with Crippen LogP contribution in [0.5, 0.6) is 0 Å². The number of carbonyl (C=O) groups excluding carboxylic acids is 2. The predicted molar refractivity (Wildman–Crippen MR) is 121 cm³/mol. The predicted octanol–water partition coefficient (Wildman–Crippen LogP) is 3.99. The van der Waals surface area contributed by atoms with Crippen LogP contribution in [0.1, 0.15) is 35.7 Å². The van der Waals surface area contributed by atoms with Gasteiger partial charge in [-0.15, -0.1) is 0 Å². The van der Waals surface area contributed by atoms with Crippen molar-refractivity contribution < 1.29 is 9.59 Å². The van der Waals surface area contributed by atoms with Gasteiger partial charge in [-0.25, -0.2) is 0 Å². The summed E-state index contributed by atoms with van der Waals surface area (Å²) in [6.07, 6.45) is 3.33. The summed E-state index contributed by atoms with van der Waals surface area (Å²) in [4.78, 5) is 26.6. The van der Waals surface area contributed by atoms with Crippen LogP contribution in [-0.2, 0) is 11.3 Å². The molecule has 1 saturated heterocycles. The van der Waals surface area contributed by atoms with Crippen molar-refractivity contribution in [3.63, 3.8) is 0 Å². The van der Waals surface area contributed by atoms with Crippen molar-refractivity contribution in [1.29, 1.82) is 0 Å². The van der Waals surface area contributed by atoms with Crippen LogP contribution in [0.3, 0.4) is 0 Å². The quantitative estimate of drug-likeness (QED) is 0.657. The lowest BCUT2D eigenvalue weighted by molar-refractivity contribution is -0.119. The van der Waals surface area contributed by atoms with Crippen LogP contribution in [0.15, 0.2) is 60.8 Å². The standard InChI is InChI=1S/C24H25ClN4O2/c1-17(30)26-21-11-13-28(14-12-21)24(31)22-16-29(15-18-5-3-2-4-6-18)27-23(22)19-7-9-20(25)10-8-19/h2-10,16,21H,11-15H2,1H3,(H,26,30). The molecule has 1 fully saturated rings. The Labute approximate surface area is 186 Å². The molecule has 0 bridgehead atoms. The van der Waals surface area contributed by atoms with Crippen molar-refractivity contribution in [2.24, 2.45) is 0 Å². The molecular formula is C24H25ClN4O2. The summed E-state index contributed by atoms with van der Waals surface area (Å²) < 4.78 is 1.82. The Balaban J connectivity index is 1.59. The van der Waals surface area contributed by atoms with Gasteiger partial charge in [-0.2, -0.15) is 5.10 Å². The van der Waals surface area contributed by atoms with E-state index in [0.29, 0.717) is 35.9 Å². The molecule has 0 unspecified atom stereocenters. The smallest absolute Gasteiger partial charge is 0.257 e. The van der Waals surface area contributed by atoms with Crippen molar-refractivity contribution in [3.8, 4) is 11.3 Å². The number of rotatable bonds is 5. The molecule has 3 aromatic rings. The normalized spacial score (nSPS) is 14.5. The Morgan fingerprint density at radius 1 is 1.06 bits per heavy atom. The number of piperidine rings is 1. The molecule has 0 aliphatic carbocycles. The maximum Gasteiger partial charge on any atom is 0.257 e. The second-order valence-electron chi connectivity index (χ2n) is 7.85. The highest BCUT2D eigenvalue weighted by Gasteiger charge is 2.27. The van der Waals surface area contributed by atoms with Crippen LogP contribution in [0.25, 0.3) is 11.3 Å². The summed E-state index contributed by atoms with van der Waals surface area (Å²) in [5.74, 6) is -0.0671. The average Bonchev–Trinajstić information content (AvgIpc) is 3.18. The number of benzene rings is 2. The van der Waals surface area contributed by atoms with E-state index in [1.807, 2.05) is 58.2 Å². The third-order valence-electron chi connectivity index (χ3n) is 5.49. The van der Waals surface area contributed by atoms with Gasteiger partial charge in [0.05, 0.1) is 12.1 Å². The van der Waals surface area contributed by atoms with E-state index in [2.05, 4.69) is 5.32 Å². The zero-order valence-corrected chi connectivity index (χ0v) is 18.2. The van der Waals surface area contributed by atoms with Crippen LogP contribution in [-0.4, -0.2) is 45.6 Å². The maximum atomic E-state index is 13.4. The number of likely N-dealkylation sites (tertiary alicyclic amines) is 1. The van der Waals surface area contributed by atoms with Gasteiger partial charge in [-0.05, 0) is 30.5 Å². The fraction of sp³-hybridized carbons (Fsp3) is 0.292. The monoisotopic (exact) mass is 436 g/mol. The molecule has 1 aromatic heterocycles. The molecule has 2 amide bonds. The first-order valence-electron chi connectivity index (χ1n) is 10.4. The number of halogens is 1. The molecule has 1 aliphatic rings. The van der Waals surface area contributed by atoms with Crippen LogP contribution >= 0.6 is 11.6 Å². The SMILES string of the molecule is CC(=O)NC1CCN(C(=O)c2cn(Cc3ccccc3)nc2-c2ccc(Cl)cc2)CC1. The van der Waals surface area contributed by atoms with Crippen molar-refractivity contribution in [2.45, 2.75) is 32.4 Å². The van der Waals surface area contributed by atoms with E-state index in [1.165, 1.54) is 6.92 Å². The largest absolute Gasteiger partial charge is 0.353 e. The van der Waals surface area contributed by atoms with Crippen LogP contribution in [0, 0.1) is 0 Å². The molecule has 6 nitrogen and oxygen atoms in total. The van der Waals surface area contributed by atoms with Crippen LogP contribution in [0.2, 0.25) is 5.02 Å². The molecular weight excluding hydrogens is 412 g/mol. The molecule has 7 heteroatoms. The van der Waals surface area contributed by atoms with E-state index in [4.69, 9.17) is 16.7 Å². The van der Waals surface area contributed by atoms with E-state index in [9.17, 15) is 9.59 Å². The fourth-order valence-corrected chi connectivity index (χ4v) is 4.06. The van der Waals surface area contributed by atoms with Crippen molar-refractivity contribution >= 4 is 23.4 Å². The zero-order chi connectivity index (χ0) is 21.8. The maximum absolute atomic E-state index is 13.4. The van der Waals surface area contributed by atoms with E-state index >= 15 is 0 Å². The van der Waals surface area contributed by atoms with Crippen LogP contribution in [0.4, 0.5) is 0 Å². The molecule has 1 N–H and O–H groups in total. The molecule has 0 radical (unpaired) electrons. The highest BCUT2D eigenvalue weighted by atomic mass is 35.5. The molecule has 31 heavy (non-hydrogen) atoms. The van der Waals surface area contributed by atoms with Gasteiger partial charge >= 0.3 is 0 Å². The Kier molecular flexibility index (Phi) is 6.37. The minimum Gasteiger partial charge on any atom is -0.353 e. The Bertz CT molecular complexity index is 1050. The van der Waals surface area contributed by atoms with Crippen molar-refractivity contribution in [2.75, 3.05) is 13.1 Å². The number of hydrogen-bond donors (Lipinski definition) is 1. The molecule has 1 aliphatic heterocycles. The molecule has 0 saturated carbocycles. The van der Waals surface area contributed by atoms with E-state index in [1.54, 1.807) is 12.1 Å². The topological polar surface area (TPSA) is 67.2 Å². The van der Waals surface area contributed by atoms with E-state index in [-0.39, 0.29) is 17.9 Å². The number of hydrogen-bond acceptors (Lipinski definition) is 3. The van der Waals surface area contributed by atoms with Gasteiger partial charge in [0, 0.05) is 42.8 Å². The second kappa shape index (κ2) is 9.35. The highest BCUT2D eigenvalue weighted by molar-refractivity contribution is 6.30. The highest BCUT2D eigenvalue weighted by Crippen LogP contribution is 2.26. The van der Waals surface area contributed by atoms with Gasteiger partial charge in [-0.1, -0.05) is 54.1 Å². The number of aromatic nitrogens is 2. The van der Waals surface area contributed by atoms with Crippen molar-refractivity contribution in [1.82, 2.24) is 20.0 Å². The number of carbonyl (C=O) groups is 2. The molecule has 2 heterocycles. The molecule has 0 spiro atoms. The van der Waals surface area contributed by atoms with Gasteiger partial charge in [0.15, 0.2) is 0 Å². The lowest BCUT2D eigenvalue weighted by Gasteiger charge is -2.32. The van der Waals surface area contributed by atoms with Crippen molar-refractivity contribution in [3.05, 3.63) is 76.9 Å². The average molecular weight is 437 g/mol. The Hall–Kier alpha value is -3.12. The van der Waals surface area contributed by atoms with Gasteiger partial charge in [-0.3, -0.25) is 14.3 Å². The molecule has 160 valence electrons. The third kappa shape index (κ3) is 5.14. The minimum atomic E-state index is -0.0365. The Morgan fingerprint density at radius 3 is 2.39 bits per heavy atom. The third-order valence-corrected chi connectivity index (χ3v) is 5.74.